The fourth-order valence-corrected chi connectivity index (χ4v) is 3.74. The van der Waals surface area contributed by atoms with E-state index >= 15 is 0 Å². The smallest absolute Gasteiger partial charge is 0.261 e. The van der Waals surface area contributed by atoms with Crippen molar-refractivity contribution in [2.75, 3.05) is 29.0 Å². The van der Waals surface area contributed by atoms with Gasteiger partial charge in [-0.1, -0.05) is 15.9 Å². The first-order valence-corrected chi connectivity index (χ1v) is 10.7. The van der Waals surface area contributed by atoms with E-state index in [2.05, 4.69) is 35.9 Å². The molecule has 28 heavy (non-hydrogen) atoms. The minimum Gasteiger partial charge on any atom is -0.363 e. The van der Waals surface area contributed by atoms with Gasteiger partial charge >= 0.3 is 0 Å². The molecule has 9 heteroatoms. The highest BCUT2D eigenvalue weighted by Crippen LogP contribution is 2.22. The zero-order valence-electron chi connectivity index (χ0n) is 15.6. The summed E-state index contributed by atoms with van der Waals surface area (Å²) in [5, 5.41) is 3.14. The molecule has 3 aromatic rings. The Hall–Kier alpha value is -2.65. The standard InChI is InChI=1S/C19H20BrN5O2S/c1-13-12-18(25(2)3)23-19(21-13)22-15-6-8-16(9-7-15)24-28(26,27)17-10-4-14(20)5-11-17/h4-12,24H,1-3H3,(H,21,22,23). The van der Waals surface area contributed by atoms with Crippen molar-refractivity contribution in [1.82, 2.24) is 9.97 Å². The van der Waals surface area contributed by atoms with Crippen LogP contribution in [-0.4, -0.2) is 32.5 Å². The lowest BCUT2D eigenvalue weighted by Gasteiger charge is -2.14. The number of hydrogen-bond donors (Lipinski definition) is 2. The number of aromatic nitrogens is 2. The molecular weight excluding hydrogens is 442 g/mol. The van der Waals surface area contributed by atoms with Crippen LogP contribution < -0.4 is 14.9 Å². The third-order valence-corrected chi connectivity index (χ3v) is 5.74. The van der Waals surface area contributed by atoms with Gasteiger partial charge in [-0.15, -0.1) is 0 Å². The Labute approximate surface area is 173 Å². The molecule has 2 N–H and O–H groups in total. The summed E-state index contributed by atoms with van der Waals surface area (Å²) >= 11 is 3.30. The van der Waals surface area contributed by atoms with Crippen LogP contribution in [0.1, 0.15) is 5.69 Å². The lowest BCUT2D eigenvalue weighted by molar-refractivity contribution is 0.601. The van der Waals surface area contributed by atoms with E-state index in [9.17, 15) is 8.42 Å². The van der Waals surface area contributed by atoms with E-state index in [1.165, 1.54) is 0 Å². The van der Waals surface area contributed by atoms with Gasteiger partial charge in [0, 0.05) is 41.7 Å². The molecule has 0 saturated heterocycles. The van der Waals surface area contributed by atoms with E-state index < -0.39 is 10.0 Å². The van der Waals surface area contributed by atoms with Crippen molar-refractivity contribution in [3.8, 4) is 0 Å². The van der Waals surface area contributed by atoms with Crippen LogP contribution in [0.4, 0.5) is 23.1 Å². The minimum absolute atomic E-state index is 0.197. The highest BCUT2D eigenvalue weighted by molar-refractivity contribution is 9.10. The maximum Gasteiger partial charge on any atom is 0.261 e. The fraction of sp³-hybridized carbons (Fsp3) is 0.158. The normalized spacial score (nSPS) is 11.1. The van der Waals surface area contributed by atoms with Crippen LogP contribution in [0.15, 0.2) is 64.0 Å². The van der Waals surface area contributed by atoms with E-state index in [0.29, 0.717) is 11.6 Å². The lowest BCUT2D eigenvalue weighted by atomic mass is 10.3. The number of benzene rings is 2. The van der Waals surface area contributed by atoms with Gasteiger partial charge in [0.05, 0.1) is 4.90 Å². The van der Waals surface area contributed by atoms with E-state index in [1.807, 2.05) is 32.0 Å². The Morgan fingerprint density at radius 1 is 0.929 bits per heavy atom. The highest BCUT2D eigenvalue weighted by Gasteiger charge is 2.14. The van der Waals surface area contributed by atoms with Gasteiger partial charge in [-0.3, -0.25) is 4.72 Å². The largest absolute Gasteiger partial charge is 0.363 e. The van der Waals surface area contributed by atoms with Gasteiger partial charge in [0.2, 0.25) is 5.95 Å². The van der Waals surface area contributed by atoms with Gasteiger partial charge in [-0.2, -0.15) is 4.98 Å². The Kier molecular flexibility index (Phi) is 5.85. The summed E-state index contributed by atoms with van der Waals surface area (Å²) in [7, 11) is 0.185. The van der Waals surface area contributed by atoms with Gasteiger partial charge in [0.25, 0.3) is 10.0 Å². The predicted octanol–water partition coefficient (Wildman–Crippen LogP) is 4.16. The van der Waals surface area contributed by atoms with Crippen LogP contribution in [0.5, 0.6) is 0 Å². The van der Waals surface area contributed by atoms with Crippen LogP contribution >= 0.6 is 15.9 Å². The summed E-state index contributed by atoms with van der Waals surface area (Å²) in [5.74, 6) is 1.28. The molecule has 0 radical (unpaired) electrons. The molecule has 0 aliphatic rings. The predicted molar refractivity (Wildman–Crippen MR) is 116 cm³/mol. The van der Waals surface area contributed by atoms with Gasteiger partial charge in [0.1, 0.15) is 5.82 Å². The summed E-state index contributed by atoms with van der Waals surface area (Å²) in [4.78, 5) is 10.9. The molecule has 0 unspecified atom stereocenters. The molecular formula is C19H20BrN5O2S. The first kappa shape index (κ1) is 20.1. The molecule has 0 amide bonds. The number of anilines is 4. The number of rotatable bonds is 6. The third kappa shape index (κ3) is 4.99. The summed E-state index contributed by atoms with van der Waals surface area (Å²) in [6.45, 7) is 1.90. The molecule has 7 nitrogen and oxygen atoms in total. The Bertz CT molecular complexity index is 1070. The molecule has 0 aliphatic heterocycles. The topological polar surface area (TPSA) is 87.2 Å². The number of aryl methyl sites for hydroxylation is 1. The van der Waals surface area contributed by atoms with Crippen LogP contribution in [0, 0.1) is 6.92 Å². The second-order valence-corrected chi connectivity index (χ2v) is 8.95. The molecule has 2 aromatic carbocycles. The maximum absolute atomic E-state index is 12.5. The summed E-state index contributed by atoms with van der Waals surface area (Å²) < 4.78 is 28.3. The van der Waals surface area contributed by atoms with Crippen molar-refractivity contribution in [1.29, 1.82) is 0 Å². The van der Waals surface area contributed by atoms with Crippen LogP contribution in [-0.2, 0) is 10.0 Å². The van der Waals surface area contributed by atoms with Crippen molar-refractivity contribution in [3.63, 3.8) is 0 Å². The van der Waals surface area contributed by atoms with E-state index in [1.54, 1.807) is 48.5 Å². The summed E-state index contributed by atoms with van der Waals surface area (Å²) in [5.41, 5.74) is 2.06. The van der Waals surface area contributed by atoms with Gasteiger partial charge in [-0.25, -0.2) is 13.4 Å². The van der Waals surface area contributed by atoms with E-state index in [-0.39, 0.29) is 4.90 Å². The van der Waals surface area contributed by atoms with Crippen molar-refractivity contribution < 1.29 is 8.42 Å². The fourth-order valence-electron chi connectivity index (χ4n) is 2.42. The average Bonchev–Trinajstić information content (AvgIpc) is 2.63. The van der Waals surface area contributed by atoms with Gasteiger partial charge in [-0.05, 0) is 55.5 Å². The summed E-state index contributed by atoms with van der Waals surface area (Å²) in [6, 6.07) is 15.2. The molecule has 1 aromatic heterocycles. The number of sulfonamides is 1. The second-order valence-electron chi connectivity index (χ2n) is 6.35. The van der Waals surface area contributed by atoms with Crippen LogP contribution in [0.2, 0.25) is 0 Å². The number of halogens is 1. The average molecular weight is 462 g/mol. The zero-order chi connectivity index (χ0) is 20.3. The molecule has 0 spiro atoms. The van der Waals surface area contributed by atoms with Gasteiger partial charge < -0.3 is 10.2 Å². The quantitative estimate of drug-likeness (QED) is 0.572. The molecule has 1 heterocycles. The van der Waals surface area contributed by atoms with Crippen molar-refractivity contribution in [3.05, 3.63) is 64.8 Å². The molecule has 0 atom stereocenters. The molecule has 0 fully saturated rings. The number of hydrogen-bond acceptors (Lipinski definition) is 6. The van der Waals surface area contributed by atoms with Crippen molar-refractivity contribution >= 4 is 49.1 Å². The van der Waals surface area contributed by atoms with Crippen molar-refractivity contribution in [2.45, 2.75) is 11.8 Å². The number of nitrogens with one attached hydrogen (secondary N) is 2. The second kappa shape index (κ2) is 8.15. The Morgan fingerprint density at radius 3 is 2.14 bits per heavy atom. The van der Waals surface area contributed by atoms with Crippen LogP contribution in [0.3, 0.4) is 0 Å². The first-order chi connectivity index (χ1) is 13.2. The SMILES string of the molecule is Cc1cc(N(C)C)nc(Nc2ccc(NS(=O)(=O)c3ccc(Br)cc3)cc2)n1. The summed E-state index contributed by atoms with van der Waals surface area (Å²) in [6.07, 6.45) is 0. The Morgan fingerprint density at radius 2 is 1.54 bits per heavy atom. The maximum atomic E-state index is 12.5. The molecule has 0 aliphatic carbocycles. The zero-order valence-corrected chi connectivity index (χ0v) is 18.0. The van der Waals surface area contributed by atoms with Crippen LogP contribution in [0.25, 0.3) is 0 Å². The van der Waals surface area contributed by atoms with E-state index in [4.69, 9.17) is 0 Å². The first-order valence-electron chi connectivity index (χ1n) is 8.41. The van der Waals surface area contributed by atoms with Gasteiger partial charge in [0.15, 0.2) is 0 Å². The van der Waals surface area contributed by atoms with Crippen molar-refractivity contribution in [2.24, 2.45) is 0 Å². The van der Waals surface area contributed by atoms with E-state index in [0.717, 1.165) is 21.7 Å². The third-order valence-electron chi connectivity index (χ3n) is 3.82. The lowest BCUT2D eigenvalue weighted by Crippen LogP contribution is -2.13. The molecule has 146 valence electrons. The molecule has 0 saturated carbocycles. The molecule has 0 bridgehead atoms. The Balaban J connectivity index is 1.74. The minimum atomic E-state index is -3.64. The molecule has 3 rings (SSSR count). The highest BCUT2D eigenvalue weighted by atomic mass is 79.9. The number of nitrogens with zero attached hydrogens (tertiary/aromatic N) is 3. The monoisotopic (exact) mass is 461 g/mol.